The van der Waals surface area contributed by atoms with Crippen LogP contribution in [0.1, 0.15) is 26.3 Å². The van der Waals surface area contributed by atoms with Crippen LogP contribution >= 0.6 is 0 Å². The first kappa shape index (κ1) is 22.3. The van der Waals surface area contributed by atoms with Gasteiger partial charge in [-0.2, -0.15) is 5.26 Å². The number of nitrogens with one attached hydrogen (secondary N) is 3. The fraction of sp³-hybridized carbons (Fsp3) is 0.333. The number of hydrogen-bond donors (Lipinski definition) is 3. The smallest absolute Gasteiger partial charge is 0.408 e. The van der Waals surface area contributed by atoms with Crippen LogP contribution in [0.3, 0.4) is 0 Å². The Morgan fingerprint density at radius 2 is 2.00 bits per heavy atom. The number of rotatable bonds is 3. The minimum Gasteiger partial charge on any atom is -0.444 e. The molecule has 1 aliphatic heterocycles. The first-order chi connectivity index (χ1) is 15.7. The van der Waals surface area contributed by atoms with Crippen molar-refractivity contribution in [3.05, 3.63) is 58.4 Å². The van der Waals surface area contributed by atoms with Gasteiger partial charge >= 0.3 is 6.09 Å². The molecule has 0 radical (unpaired) electrons. The third-order valence-electron chi connectivity index (χ3n) is 5.20. The largest absolute Gasteiger partial charge is 0.444 e. The van der Waals surface area contributed by atoms with Gasteiger partial charge in [0.2, 0.25) is 0 Å². The van der Waals surface area contributed by atoms with Crippen LogP contribution in [0.25, 0.3) is 22.3 Å². The predicted octanol–water partition coefficient (Wildman–Crippen LogP) is 2.72. The highest BCUT2D eigenvalue weighted by Crippen LogP contribution is 2.22. The minimum atomic E-state index is -0.563. The fourth-order valence-electron chi connectivity index (χ4n) is 3.70. The molecule has 1 fully saturated rings. The Morgan fingerprint density at radius 1 is 1.24 bits per heavy atom. The highest BCUT2D eigenvalue weighted by atomic mass is 16.6. The summed E-state index contributed by atoms with van der Waals surface area (Å²) in [5, 5.41) is 15.1. The van der Waals surface area contributed by atoms with E-state index in [2.05, 4.69) is 31.6 Å². The molecule has 1 saturated heterocycles. The van der Waals surface area contributed by atoms with Gasteiger partial charge in [0.05, 0.1) is 29.2 Å². The van der Waals surface area contributed by atoms with Gasteiger partial charge in [0, 0.05) is 24.3 Å². The zero-order chi connectivity index (χ0) is 23.6. The summed E-state index contributed by atoms with van der Waals surface area (Å²) in [4.78, 5) is 34.3. The lowest BCUT2D eigenvalue weighted by atomic mass is 10.1. The van der Waals surface area contributed by atoms with Crippen molar-refractivity contribution in [2.45, 2.75) is 32.5 Å². The van der Waals surface area contributed by atoms with Gasteiger partial charge in [0.15, 0.2) is 0 Å². The summed E-state index contributed by atoms with van der Waals surface area (Å²) < 4.78 is 5.35. The molecule has 1 amide bonds. The quantitative estimate of drug-likeness (QED) is 0.565. The Labute approximate surface area is 191 Å². The molecule has 0 bridgehead atoms. The normalized spacial score (nSPS) is 16.3. The van der Waals surface area contributed by atoms with E-state index in [0.29, 0.717) is 40.9 Å². The van der Waals surface area contributed by atoms with Crippen molar-refractivity contribution in [1.29, 1.82) is 5.26 Å². The highest BCUT2D eigenvalue weighted by molar-refractivity contribution is 5.81. The SMILES string of the molecule is CC(C)(C)OC(=O)NC1CN(c2ccc3[nH]c(=O)c(-c4ccc(C#N)cc4)nc3c2)CCN1. The lowest BCUT2D eigenvalue weighted by Crippen LogP contribution is -2.59. The van der Waals surface area contributed by atoms with E-state index in [4.69, 9.17) is 10.00 Å². The Kier molecular flexibility index (Phi) is 6.03. The standard InChI is InChI=1S/C24H26N6O3/c1-24(2,3)33-23(32)29-20-14-30(11-10-26-20)17-8-9-18-19(12-17)27-21(22(31)28-18)16-6-4-15(13-25)5-7-16/h4-9,12,20,26H,10-11,14H2,1-3H3,(H,28,31)(H,29,32). The molecule has 1 unspecified atom stereocenters. The molecule has 170 valence electrons. The van der Waals surface area contributed by atoms with Crippen molar-refractivity contribution >= 4 is 22.8 Å². The van der Waals surface area contributed by atoms with Crippen LogP contribution < -0.4 is 21.1 Å². The summed E-state index contributed by atoms with van der Waals surface area (Å²) in [5.74, 6) is 0. The Bertz CT molecular complexity index is 1270. The van der Waals surface area contributed by atoms with Crippen molar-refractivity contribution in [1.82, 2.24) is 20.6 Å². The van der Waals surface area contributed by atoms with E-state index in [-0.39, 0.29) is 11.7 Å². The van der Waals surface area contributed by atoms with E-state index in [1.165, 1.54) is 0 Å². The van der Waals surface area contributed by atoms with E-state index in [9.17, 15) is 9.59 Å². The number of carbonyl (C=O) groups excluding carboxylic acids is 1. The van der Waals surface area contributed by atoms with Gasteiger partial charge in [-0.25, -0.2) is 9.78 Å². The lowest BCUT2D eigenvalue weighted by Gasteiger charge is -2.35. The van der Waals surface area contributed by atoms with Crippen LogP contribution in [0.5, 0.6) is 0 Å². The zero-order valence-electron chi connectivity index (χ0n) is 18.8. The second-order valence-corrected chi connectivity index (χ2v) is 8.90. The molecule has 2 aromatic carbocycles. The van der Waals surface area contributed by atoms with Crippen LogP contribution in [0.15, 0.2) is 47.3 Å². The molecular formula is C24H26N6O3. The average molecular weight is 447 g/mol. The van der Waals surface area contributed by atoms with Gasteiger partial charge in [-0.1, -0.05) is 12.1 Å². The van der Waals surface area contributed by atoms with Crippen molar-refractivity contribution < 1.29 is 9.53 Å². The van der Waals surface area contributed by atoms with Gasteiger partial charge in [-0.15, -0.1) is 0 Å². The summed E-state index contributed by atoms with van der Waals surface area (Å²) >= 11 is 0. The minimum absolute atomic E-state index is 0.262. The van der Waals surface area contributed by atoms with Crippen LogP contribution in [-0.4, -0.2) is 47.5 Å². The maximum atomic E-state index is 12.6. The van der Waals surface area contributed by atoms with Crippen molar-refractivity contribution in [3.8, 4) is 17.3 Å². The van der Waals surface area contributed by atoms with Crippen molar-refractivity contribution in [2.75, 3.05) is 24.5 Å². The molecule has 2 heterocycles. The van der Waals surface area contributed by atoms with Crippen LogP contribution in [0, 0.1) is 11.3 Å². The van der Waals surface area contributed by atoms with Gasteiger partial charge in [0.25, 0.3) is 5.56 Å². The van der Waals surface area contributed by atoms with Crippen LogP contribution in [0.2, 0.25) is 0 Å². The maximum Gasteiger partial charge on any atom is 0.408 e. The number of nitriles is 1. The number of aromatic amines is 1. The van der Waals surface area contributed by atoms with Gasteiger partial charge in [-0.05, 0) is 51.1 Å². The third-order valence-corrected chi connectivity index (χ3v) is 5.20. The number of carbonyl (C=O) groups is 1. The van der Waals surface area contributed by atoms with Gasteiger partial charge < -0.3 is 19.9 Å². The summed E-state index contributed by atoms with van der Waals surface area (Å²) in [6.07, 6.45) is -0.728. The van der Waals surface area contributed by atoms with E-state index in [0.717, 1.165) is 12.2 Å². The molecule has 9 heteroatoms. The number of anilines is 1. The van der Waals surface area contributed by atoms with E-state index in [1.807, 2.05) is 39.0 Å². The molecule has 33 heavy (non-hydrogen) atoms. The number of fused-ring (bicyclic) bond motifs is 1. The number of alkyl carbamates (subject to hydrolysis) is 1. The van der Waals surface area contributed by atoms with Gasteiger partial charge in [0.1, 0.15) is 17.5 Å². The topological polar surface area (TPSA) is 123 Å². The second kappa shape index (κ2) is 8.92. The monoisotopic (exact) mass is 446 g/mol. The molecule has 9 nitrogen and oxygen atoms in total. The van der Waals surface area contributed by atoms with E-state index >= 15 is 0 Å². The molecule has 4 rings (SSSR count). The summed E-state index contributed by atoms with van der Waals surface area (Å²) in [6, 6.07) is 14.5. The summed E-state index contributed by atoms with van der Waals surface area (Å²) in [6.45, 7) is 7.47. The number of amides is 1. The molecular weight excluding hydrogens is 420 g/mol. The van der Waals surface area contributed by atoms with Gasteiger partial charge in [-0.3, -0.25) is 10.1 Å². The molecule has 3 aromatic rings. The average Bonchev–Trinajstić information content (AvgIpc) is 2.77. The molecule has 1 aromatic heterocycles. The number of aromatic nitrogens is 2. The fourth-order valence-corrected chi connectivity index (χ4v) is 3.70. The number of piperazine rings is 1. The Morgan fingerprint density at radius 3 is 2.70 bits per heavy atom. The first-order valence-corrected chi connectivity index (χ1v) is 10.7. The number of hydrogen-bond acceptors (Lipinski definition) is 7. The predicted molar refractivity (Wildman–Crippen MR) is 126 cm³/mol. The summed E-state index contributed by atoms with van der Waals surface area (Å²) in [5.41, 5.74) is 2.84. The highest BCUT2D eigenvalue weighted by Gasteiger charge is 2.24. The lowest BCUT2D eigenvalue weighted by molar-refractivity contribution is 0.0493. The third kappa shape index (κ3) is 5.30. The molecule has 0 spiro atoms. The molecule has 1 aliphatic rings. The number of nitrogens with zero attached hydrogens (tertiary/aromatic N) is 3. The number of ether oxygens (including phenoxy) is 1. The van der Waals surface area contributed by atoms with E-state index in [1.54, 1.807) is 24.3 Å². The van der Waals surface area contributed by atoms with E-state index < -0.39 is 11.7 Å². The first-order valence-electron chi connectivity index (χ1n) is 10.7. The zero-order valence-corrected chi connectivity index (χ0v) is 18.8. The number of H-pyrrole nitrogens is 1. The second-order valence-electron chi connectivity index (χ2n) is 8.90. The Balaban J connectivity index is 1.56. The molecule has 0 saturated carbocycles. The molecule has 0 aliphatic carbocycles. The van der Waals surface area contributed by atoms with Crippen molar-refractivity contribution in [3.63, 3.8) is 0 Å². The van der Waals surface area contributed by atoms with Crippen LogP contribution in [0.4, 0.5) is 10.5 Å². The number of benzene rings is 2. The maximum absolute atomic E-state index is 12.6. The molecule has 1 atom stereocenters. The van der Waals surface area contributed by atoms with Crippen LogP contribution in [-0.2, 0) is 4.74 Å². The Hall–Kier alpha value is -3.90. The summed E-state index contributed by atoms with van der Waals surface area (Å²) in [7, 11) is 0. The molecule has 3 N–H and O–H groups in total. The van der Waals surface area contributed by atoms with Crippen molar-refractivity contribution in [2.24, 2.45) is 0 Å².